The molecule has 1 saturated heterocycles. The van der Waals surface area contributed by atoms with E-state index in [0.717, 1.165) is 25.0 Å². The van der Waals surface area contributed by atoms with E-state index in [2.05, 4.69) is 5.32 Å². The molecule has 1 saturated carbocycles. The first-order valence-corrected chi connectivity index (χ1v) is 8.69. The Bertz CT molecular complexity index is 731. The van der Waals surface area contributed by atoms with Crippen molar-refractivity contribution >= 4 is 17.5 Å². The van der Waals surface area contributed by atoms with Gasteiger partial charge in [-0.25, -0.2) is 0 Å². The number of hydrogen-bond acceptors (Lipinski definition) is 3. The number of alkyl halides is 3. The SMILES string of the molecule is CC(CN)(NC(=O)c1cc(N2CCCC2=O)cc(C(F)(F)F)c1)C1CC1. The molecule has 1 aromatic carbocycles. The first-order valence-electron chi connectivity index (χ1n) is 8.69. The van der Waals surface area contributed by atoms with Gasteiger partial charge in [0.1, 0.15) is 0 Å². The number of amides is 2. The molecule has 26 heavy (non-hydrogen) atoms. The molecule has 1 heterocycles. The van der Waals surface area contributed by atoms with Gasteiger partial charge < -0.3 is 16.0 Å². The van der Waals surface area contributed by atoms with Crippen molar-refractivity contribution in [2.45, 2.75) is 44.3 Å². The third-order valence-electron chi connectivity index (χ3n) is 5.19. The molecule has 1 atom stereocenters. The molecule has 142 valence electrons. The van der Waals surface area contributed by atoms with E-state index >= 15 is 0 Å². The second-order valence-electron chi connectivity index (χ2n) is 7.27. The zero-order chi connectivity index (χ0) is 19.1. The highest BCUT2D eigenvalue weighted by Crippen LogP contribution is 2.39. The number of rotatable bonds is 5. The average Bonchev–Trinajstić information content (AvgIpc) is 3.36. The largest absolute Gasteiger partial charge is 0.416 e. The maximum absolute atomic E-state index is 13.3. The summed E-state index contributed by atoms with van der Waals surface area (Å²) in [7, 11) is 0. The minimum Gasteiger partial charge on any atom is -0.345 e. The van der Waals surface area contributed by atoms with Gasteiger partial charge in [-0.2, -0.15) is 13.2 Å². The zero-order valence-electron chi connectivity index (χ0n) is 14.5. The van der Waals surface area contributed by atoms with Gasteiger partial charge in [0.15, 0.2) is 0 Å². The topological polar surface area (TPSA) is 75.4 Å². The highest BCUT2D eigenvalue weighted by Gasteiger charge is 2.42. The monoisotopic (exact) mass is 369 g/mol. The van der Waals surface area contributed by atoms with Gasteiger partial charge in [0.2, 0.25) is 5.91 Å². The summed E-state index contributed by atoms with van der Waals surface area (Å²) < 4.78 is 39.8. The minimum atomic E-state index is -4.61. The fourth-order valence-corrected chi connectivity index (χ4v) is 3.35. The van der Waals surface area contributed by atoms with Crippen molar-refractivity contribution in [1.82, 2.24) is 5.32 Å². The lowest BCUT2D eigenvalue weighted by Gasteiger charge is -2.30. The molecule has 0 bridgehead atoms. The van der Waals surface area contributed by atoms with E-state index in [1.54, 1.807) is 6.92 Å². The maximum Gasteiger partial charge on any atom is 0.416 e. The van der Waals surface area contributed by atoms with E-state index in [1.807, 2.05) is 0 Å². The molecule has 5 nitrogen and oxygen atoms in total. The average molecular weight is 369 g/mol. The zero-order valence-corrected chi connectivity index (χ0v) is 14.5. The summed E-state index contributed by atoms with van der Waals surface area (Å²) in [6.45, 7) is 2.37. The van der Waals surface area contributed by atoms with Crippen molar-refractivity contribution in [2.24, 2.45) is 11.7 Å². The van der Waals surface area contributed by atoms with E-state index in [0.29, 0.717) is 19.4 Å². The van der Waals surface area contributed by atoms with Gasteiger partial charge in [-0.05, 0) is 50.3 Å². The van der Waals surface area contributed by atoms with Crippen molar-refractivity contribution in [3.05, 3.63) is 29.3 Å². The molecule has 2 amide bonds. The van der Waals surface area contributed by atoms with E-state index in [1.165, 1.54) is 11.0 Å². The van der Waals surface area contributed by atoms with Gasteiger partial charge in [0.25, 0.3) is 5.91 Å². The molecule has 1 aliphatic heterocycles. The number of nitrogens with zero attached hydrogens (tertiary/aromatic N) is 1. The lowest BCUT2D eigenvalue weighted by atomic mass is 9.95. The van der Waals surface area contributed by atoms with Gasteiger partial charge in [-0.15, -0.1) is 0 Å². The lowest BCUT2D eigenvalue weighted by Crippen LogP contribution is -2.53. The summed E-state index contributed by atoms with van der Waals surface area (Å²) in [5.41, 5.74) is 4.17. The van der Waals surface area contributed by atoms with Crippen LogP contribution in [0.2, 0.25) is 0 Å². The van der Waals surface area contributed by atoms with Crippen LogP contribution in [0.15, 0.2) is 18.2 Å². The predicted octanol–water partition coefficient (Wildman–Crippen LogP) is 2.69. The number of hydrogen-bond donors (Lipinski definition) is 2. The molecular weight excluding hydrogens is 347 g/mol. The van der Waals surface area contributed by atoms with Crippen LogP contribution in [-0.2, 0) is 11.0 Å². The number of anilines is 1. The van der Waals surface area contributed by atoms with Crippen LogP contribution in [0.1, 0.15) is 48.5 Å². The van der Waals surface area contributed by atoms with Gasteiger partial charge in [0, 0.05) is 30.8 Å². The van der Waals surface area contributed by atoms with Crippen LogP contribution < -0.4 is 16.0 Å². The molecular formula is C18H22F3N3O2. The Hall–Kier alpha value is -2.09. The van der Waals surface area contributed by atoms with Crippen molar-refractivity contribution in [3.63, 3.8) is 0 Å². The second kappa shape index (κ2) is 6.57. The Morgan fingerprint density at radius 2 is 2.00 bits per heavy atom. The van der Waals surface area contributed by atoms with Crippen LogP contribution in [-0.4, -0.2) is 30.4 Å². The van der Waals surface area contributed by atoms with Gasteiger partial charge in [0.05, 0.1) is 11.1 Å². The Kier molecular flexibility index (Phi) is 4.72. The Balaban J connectivity index is 1.94. The molecule has 2 fully saturated rings. The number of nitrogens with two attached hydrogens (primary N) is 1. The molecule has 3 N–H and O–H groups in total. The van der Waals surface area contributed by atoms with Crippen LogP contribution in [0.5, 0.6) is 0 Å². The van der Waals surface area contributed by atoms with E-state index in [4.69, 9.17) is 5.73 Å². The maximum atomic E-state index is 13.3. The van der Waals surface area contributed by atoms with Gasteiger partial charge in [-0.1, -0.05) is 0 Å². The number of halogens is 3. The molecule has 1 aliphatic carbocycles. The molecule has 0 aromatic heterocycles. The molecule has 8 heteroatoms. The molecule has 2 aliphatic rings. The lowest BCUT2D eigenvalue weighted by molar-refractivity contribution is -0.137. The smallest absolute Gasteiger partial charge is 0.345 e. The van der Waals surface area contributed by atoms with Crippen molar-refractivity contribution in [3.8, 4) is 0 Å². The normalized spacial score (nSPS) is 20.2. The molecule has 1 unspecified atom stereocenters. The molecule has 0 radical (unpaired) electrons. The number of carbonyl (C=O) groups excluding carboxylic acids is 2. The summed E-state index contributed by atoms with van der Waals surface area (Å²) >= 11 is 0. The van der Waals surface area contributed by atoms with E-state index < -0.39 is 23.2 Å². The summed E-state index contributed by atoms with van der Waals surface area (Å²) in [6, 6.07) is 3.09. The summed E-state index contributed by atoms with van der Waals surface area (Å²) in [4.78, 5) is 25.9. The Morgan fingerprint density at radius 1 is 1.31 bits per heavy atom. The van der Waals surface area contributed by atoms with Crippen LogP contribution in [0, 0.1) is 5.92 Å². The van der Waals surface area contributed by atoms with Gasteiger partial charge >= 0.3 is 6.18 Å². The minimum absolute atomic E-state index is 0.105. The van der Waals surface area contributed by atoms with Crippen molar-refractivity contribution in [1.29, 1.82) is 0 Å². The first kappa shape index (κ1) is 18.7. The number of benzene rings is 1. The van der Waals surface area contributed by atoms with Gasteiger partial charge in [-0.3, -0.25) is 9.59 Å². The fourth-order valence-electron chi connectivity index (χ4n) is 3.35. The predicted molar refractivity (Wildman–Crippen MR) is 90.7 cm³/mol. The molecule has 0 spiro atoms. The van der Waals surface area contributed by atoms with Crippen LogP contribution in [0.3, 0.4) is 0 Å². The third-order valence-corrected chi connectivity index (χ3v) is 5.19. The second-order valence-corrected chi connectivity index (χ2v) is 7.27. The van der Waals surface area contributed by atoms with Crippen molar-refractivity contribution in [2.75, 3.05) is 18.0 Å². The summed E-state index contributed by atoms with van der Waals surface area (Å²) in [5.74, 6) is -0.605. The quantitative estimate of drug-likeness (QED) is 0.838. The van der Waals surface area contributed by atoms with Crippen molar-refractivity contribution < 1.29 is 22.8 Å². The fraction of sp³-hybridized carbons (Fsp3) is 0.556. The summed E-state index contributed by atoms with van der Waals surface area (Å²) in [5, 5.41) is 2.79. The number of carbonyl (C=O) groups is 2. The van der Waals surface area contributed by atoms with Crippen LogP contribution in [0.25, 0.3) is 0 Å². The van der Waals surface area contributed by atoms with E-state index in [9.17, 15) is 22.8 Å². The third kappa shape index (κ3) is 3.70. The standard InChI is InChI=1S/C18H22F3N3O2/c1-17(10-22,12-4-5-12)23-16(26)11-7-13(18(19,20)21)9-14(8-11)24-6-2-3-15(24)25/h7-9,12H,2-6,10,22H2,1H3,(H,23,26). The summed E-state index contributed by atoms with van der Waals surface area (Å²) in [6.07, 6.45) is -1.86. The van der Waals surface area contributed by atoms with Crippen LogP contribution >= 0.6 is 0 Å². The first-order chi connectivity index (χ1) is 12.1. The molecule has 1 aromatic rings. The number of nitrogens with one attached hydrogen (secondary N) is 1. The molecule has 3 rings (SSSR count). The Morgan fingerprint density at radius 3 is 2.50 bits per heavy atom. The Labute approximate surface area is 149 Å². The highest BCUT2D eigenvalue weighted by molar-refractivity contribution is 5.99. The van der Waals surface area contributed by atoms with Crippen LogP contribution in [0.4, 0.5) is 18.9 Å². The highest BCUT2D eigenvalue weighted by atomic mass is 19.4. The van der Waals surface area contributed by atoms with E-state index in [-0.39, 0.29) is 29.6 Å².